The van der Waals surface area contributed by atoms with Crippen LogP contribution in [-0.4, -0.2) is 22.7 Å². The van der Waals surface area contributed by atoms with Crippen molar-refractivity contribution in [1.82, 2.24) is 9.38 Å². The van der Waals surface area contributed by atoms with E-state index in [0.29, 0.717) is 19.3 Å². The van der Waals surface area contributed by atoms with E-state index in [9.17, 15) is 0 Å². The molecule has 4 rings (SSSR count). The molecule has 2 N–H and O–H groups in total. The molecule has 0 amide bonds. The van der Waals surface area contributed by atoms with Crippen molar-refractivity contribution < 1.29 is 9.47 Å². The lowest BCUT2D eigenvalue weighted by Crippen LogP contribution is -2.08. The van der Waals surface area contributed by atoms with E-state index in [0.717, 1.165) is 39.8 Å². The summed E-state index contributed by atoms with van der Waals surface area (Å²) in [6.45, 7) is 5.25. The van der Waals surface area contributed by atoms with Gasteiger partial charge in [0.25, 0.3) is 0 Å². The Kier molecular flexibility index (Phi) is 3.50. The Morgan fingerprint density at radius 1 is 1.30 bits per heavy atom. The first-order valence-corrected chi connectivity index (χ1v) is 8.65. The normalized spacial score (nSPS) is 13.4. The van der Waals surface area contributed by atoms with E-state index < -0.39 is 0 Å². The zero-order valence-corrected chi connectivity index (χ0v) is 14.0. The molecule has 0 bridgehead atoms. The van der Waals surface area contributed by atoms with Crippen molar-refractivity contribution in [1.29, 1.82) is 0 Å². The fourth-order valence-corrected chi connectivity index (χ4v) is 3.95. The second kappa shape index (κ2) is 5.54. The molecule has 0 radical (unpaired) electrons. The number of fused-ring (bicyclic) bond motifs is 2. The molecule has 3 aromatic rings. The molecule has 0 unspecified atom stereocenters. The Morgan fingerprint density at radius 3 is 2.91 bits per heavy atom. The fourth-order valence-electron chi connectivity index (χ4n) is 3.03. The van der Waals surface area contributed by atoms with Gasteiger partial charge in [-0.05, 0) is 30.7 Å². The van der Waals surface area contributed by atoms with Gasteiger partial charge in [0.2, 0.25) is 6.79 Å². The molecule has 1 aliphatic rings. The monoisotopic (exact) mass is 329 g/mol. The summed E-state index contributed by atoms with van der Waals surface area (Å²) in [5, 5.41) is 2.14. The van der Waals surface area contributed by atoms with E-state index >= 15 is 0 Å². The standard InChI is InChI=1S/C17H19N3O2S/c1-10(2)16-12(5-6-18)20-13(8-23-17(20)19-16)11-3-4-14-15(7-11)22-9-21-14/h3-4,7-8,10H,5-6,9,18H2,1-2H3. The number of ether oxygens (including phenoxy) is 2. The molecular weight excluding hydrogens is 310 g/mol. The van der Waals surface area contributed by atoms with E-state index in [1.807, 2.05) is 12.1 Å². The highest BCUT2D eigenvalue weighted by atomic mass is 32.1. The van der Waals surface area contributed by atoms with Crippen molar-refractivity contribution in [3.8, 4) is 22.8 Å². The van der Waals surface area contributed by atoms with Gasteiger partial charge in [-0.2, -0.15) is 0 Å². The number of imidazole rings is 1. The summed E-state index contributed by atoms with van der Waals surface area (Å²) < 4.78 is 13.1. The van der Waals surface area contributed by atoms with Crippen molar-refractivity contribution in [2.75, 3.05) is 13.3 Å². The number of hydrogen-bond donors (Lipinski definition) is 1. The summed E-state index contributed by atoms with van der Waals surface area (Å²) in [4.78, 5) is 5.84. The maximum atomic E-state index is 5.84. The molecule has 0 fully saturated rings. The minimum absolute atomic E-state index is 0.291. The predicted molar refractivity (Wildman–Crippen MR) is 91.5 cm³/mol. The van der Waals surface area contributed by atoms with Gasteiger partial charge < -0.3 is 15.2 Å². The zero-order valence-electron chi connectivity index (χ0n) is 13.2. The Balaban J connectivity index is 1.90. The lowest BCUT2D eigenvalue weighted by molar-refractivity contribution is 0.174. The molecule has 0 saturated carbocycles. The largest absolute Gasteiger partial charge is 0.454 e. The van der Waals surface area contributed by atoms with E-state index in [-0.39, 0.29) is 0 Å². The molecule has 0 aliphatic carbocycles. The molecule has 0 saturated heterocycles. The van der Waals surface area contributed by atoms with E-state index in [1.165, 1.54) is 5.69 Å². The summed E-state index contributed by atoms with van der Waals surface area (Å²) in [5.74, 6) is 1.98. The van der Waals surface area contributed by atoms with Gasteiger partial charge in [-0.3, -0.25) is 4.40 Å². The number of benzene rings is 1. The Labute approximate surface area is 138 Å². The van der Waals surface area contributed by atoms with Crippen LogP contribution in [0.3, 0.4) is 0 Å². The van der Waals surface area contributed by atoms with Crippen LogP contribution in [0, 0.1) is 0 Å². The van der Waals surface area contributed by atoms with Crippen LogP contribution >= 0.6 is 11.3 Å². The van der Waals surface area contributed by atoms with Gasteiger partial charge in [0, 0.05) is 23.1 Å². The van der Waals surface area contributed by atoms with Gasteiger partial charge in [0.05, 0.1) is 11.4 Å². The summed E-state index contributed by atoms with van der Waals surface area (Å²) in [5.41, 5.74) is 10.4. The van der Waals surface area contributed by atoms with Gasteiger partial charge >= 0.3 is 0 Å². The predicted octanol–water partition coefficient (Wildman–Crippen LogP) is 3.42. The molecule has 5 nitrogen and oxygen atoms in total. The molecule has 3 heterocycles. The van der Waals surface area contributed by atoms with Crippen LogP contribution in [0.5, 0.6) is 11.5 Å². The van der Waals surface area contributed by atoms with Crippen LogP contribution < -0.4 is 15.2 Å². The first-order valence-electron chi connectivity index (χ1n) is 7.78. The number of nitrogens with zero attached hydrogens (tertiary/aromatic N) is 2. The minimum atomic E-state index is 0.291. The molecule has 1 aromatic carbocycles. The van der Waals surface area contributed by atoms with Crippen LogP contribution in [0.1, 0.15) is 31.2 Å². The number of rotatable bonds is 4. The SMILES string of the molecule is CC(C)c1nc2scc(-c3ccc4c(c3)OCO4)n2c1CCN. The van der Waals surface area contributed by atoms with Crippen molar-refractivity contribution in [2.24, 2.45) is 5.73 Å². The first-order chi connectivity index (χ1) is 11.2. The number of hydrogen-bond acceptors (Lipinski definition) is 5. The first kappa shape index (κ1) is 14.5. The third kappa shape index (κ3) is 2.29. The van der Waals surface area contributed by atoms with Gasteiger partial charge in [-0.1, -0.05) is 13.8 Å². The topological polar surface area (TPSA) is 61.8 Å². The Hall–Kier alpha value is -2.05. The molecule has 0 atom stereocenters. The Bertz CT molecular complexity index is 866. The van der Waals surface area contributed by atoms with Gasteiger partial charge in [-0.25, -0.2) is 4.98 Å². The molecule has 120 valence electrons. The lowest BCUT2D eigenvalue weighted by Gasteiger charge is -2.08. The van der Waals surface area contributed by atoms with Crippen molar-refractivity contribution >= 4 is 16.3 Å². The molecule has 1 aliphatic heterocycles. The van der Waals surface area contributed by atoms with Gasteiger partial charge in [0.15, 0.2) is 16.5 Å². The maximum Gasteiger partial charge on any atom is 0.231 e. The van der Waals surface area contributed by atoms with Crippen molar-refractivity contribution in [3.63, 3.8) is 0 Å². The zero-order chi connectivity index (χ0) is 16.0. The molecule has 0 spiro atoms. The highest BCUT2D eigenvalue weighted by molar-refractivity contribution is 7.15. The van der Waals surface area contributed by atoms with Crippen molar-refractivity contribution in [2.45, 2.75) is 26.2 Å². The van der Waals surface area contributed by atoms with Crippen LogP contribution in [0.4, 0.5) is 0 Å². The number of aromatic nitrogens is 2. The van der Waals surface area contributed by atoms with Crippen molar-refractivity contribution in [3.05, 3.63) is 35.0 Å². The second-order valence-electron chi connectivity index (χ2n) is 5.94. The second-order valence-corrected chi connectivity index (χ2v) is 6.78. The average Bonchev–Trinajstić information content (AvgIpc) is 3.21. The number of thiazole rings is 1. The quantitative estimate of drug-likeness (QED) is 0.797. The van der Waals surface area contributed by atoms with Crippen LogP contribution in [-0.2, 0) is 6.42 Å². The minimum Gasteiger partial charge on any atom is -0.454 e. The average molecular weight is 329 g/mol. The molecular formula is C17H19N3O2S. The lowest BCUT2D eigenvalue weighted by atomic mass is 10.1. The molecule has 6 heteroatoms. The van der Waals surface area contributed by atoms with Gasteiger partial charge in [-0.15, -0.1) is 11.3 Å². The summed E-state index contributed by atoms with van der Waals surface area (Å²) in [6, 6.07) is 6.06. The van der Waals surface area contributed by atoms with E-state index in [1.54, 1.807) is 11.3 Å². The highest BCUT2D eigenvalue weighted by Gasteiger charge is 2.20. The third-order valence-electron chi connectivity index (χ3n) is 4.09. The Morgan fingerprint density at radius 2 is 2.13 bits per heavy atom. The highest BCUT2D eigenvalue weighted by Crippen LogP contribution is 2.38. The molecule has 23 heavy (non-hydrogen) atoms. The molecule has 2 aromatic heterocycles. The summed E-state index contributed by atoms with van der Waals surface area (Å²) in [6.07, 6.45) is 0.822. The van der Waals surface area contributed by atoms with E-state index in [2.05, 4.69) is 29.7 Å². The smallest absolute Gasteiger partial charge is 0.231 e. The number of nitrogens with two attached hydrogens (primary N) is 1. The van der Waals surface area contributed by atoms with E-state index in [4.69, 9.17) is 20.2 Å². The summed E-state index contributed by atoms with van der Waals surface area (Å²) in [7, 11) is 0. The van der Waals surface area contributed by atoms with Crippen LogP contribution in [0.2, 0.25) is 0 Å². The fraction of sp³-hybridized carbons (Fsp3) is 0.353. The third-order valence-corrected chi connectivity index (χ3v) is 4.91. The van der Waals surface area contributed by atoms with Crippen LogP contribution in [0.25, 0.3) is 16.2 Å². The summed E-state index contributed by atoms with van der Waals surface area (Å²) >= 11 is 1.66. The van der Waals surface area contributed by atoms with Gasteiger partial charge in [0.1, 0.15) is 0 Å². The van der Waals surface area contributed by atoms with Crippen LogP contribution in [0.15, 0.2) is 23.6 Å². The maximum absolute atomic E-state index is 5.84.